The number of nitro groups is 2. The maximum atomic E-state index is 12.6. The van der Waals surface area contributed by atoms with Crippen LogP contribution in [0.15, 0.2) is 81.7 Å². The summed E-state index contributed by atoms with van der Waals surface area (Å²) in [7, 11) is 0. The zero-order valence-electron chi connectivity index (χ0n) is 36.5. The molecule has 2 fully saturated rings. The van der Waals surface area contributed by atoms with E-state index in [4.69, 9.17) is 42.1 Å². The van der Waals surface area contributed by atoms with Gasteiger partial charge in [0, 0.05) is 36.7 Å². The first-order valence-corrected chi connectivity index (χ1v) is 23.1. The molecule has 2 aliphatic heterocycles. The Morgan fingerprint density at radius 1 is 0.635 bits per heavy atom. The molecule has 4 aromatic rings. The zero-order chi connectivity index (χ0) is 46.5. The normalized spacial score (nSPS) is 24.2. The Morgan fingerprint density at radius 3 is 1.56 bits per heavy atom. The van der Waals surface area contributed by atoms with Crippen LogP contribution in [0.2, 0.25) is 10.0 Å². The quantitative estimate of drug-likeness (QED) is 0.147. The van der Waals surface area contributed by atoms with E-state index in [2.05, 4.69) is 31.9 Å². The first-order valence-electron chi connectivity index (χ1n) is 20.7. The van der Waals surface area contributed by atoms with Gasteiger partial charge in [0.1, 0.15) is 0 Å². The zero-order valence-corrected chi connectivity index (χ0v) is 41.2. The minimum Gasteiger partial charge on any atom is -0.395 e. The highest BCUT2D eigenvalue weighted by atomic mass is 79.9. The first kappa shape index (κ1) is 49.4. The van der Waals surface area contributed by atoms with E-state index in [-0.39, 0.29) is 17.2 Å². The highest BCUT2D eigenvalue weighted by Crippen LogP contribution is 2.55. The number of ether oxygens (including phenoxy) is 4. The fourth-order valence-electron chi connectivity index (χ4n) is 8.79. The lowest BCUT2D eigenvalue weighted by Crippen LogP contribution is -2.47. The van der Waals surface area contributed by atoms with E-state index in [0.717, 1.165) is 65.9 Å². The maximum Gasteiger partial charge on any atom is 0.305 e. The standard InChI is InChI=1S/C23H25BrClNO4.C18H25ClO3.C6H3BrFNO2/c1-21(2)22(3,4)30-20(29-21)23(18-9-7-15(24)13-19(18)26(27)28)11-5-6-14-12-16(25)8-10-17(14)23;1-16(2)17(3,4)22-15(21-16)18(11-20)9-5-6-12-10-13(19)7-8-14(12)18;7-4-1-2-5(8)6(3-4)9(10)11/h7-10,12-13,20H,5-6,11H2,1-4H3;7-8,10,15,20H,5-6,9,11H2,1-4H3;1-3H/t23-;18-;/m10./s1. The number of rotatable bonds is 6. The highest BCUT2D eigenvalue weighted by Gasteiger charge is 2.60. The molecule has 63 heavy (non-hydrogen) atoms. The van der Waals surface area contributed by atoms with E-state index in [1.165, 1.54) is 11.6 Å². The Morgan fingerprint density at radius 2 is 1.06 bits per heavy atom. The third-order valence-corrected chi connectivity index (χ3v) is 15.1. The highest BCUT2D eigenvalue weighted by molar-refractivity contribution is 9.10. The van der Waals surface area contributed by atoms with Gasteiger partial charge in [-0.15, -0.1) is 0 Å². The summed E-state index contributed by atoms with van der Waals surface area (Å²) in [6, 6.07) is 20.5. The topological polar surface area (TPSA) is 143 Å². The van der Waals surface area contributed by atoms with Crippen molar-refractivity contribution in [1.82, 2.24) is 0 Å². The monoisotopic (exact) mass is 1040 g/mol. The summed E-state index contributed by atoms with van der Waals surface area (Å²) >= 11 is 18.8. The molecule has 2 heterocycles. The van der Waals surface area contributed by atoms with Gasteiger partial charge >= 0.3 is 5.69 Å². The number of hydrogen-bond acceptors (Lipinski definition) is 9. The minimum atomic E-state index is -0.821. The lowest BCUT2D eigenvalue weighted by Gasteiger charge is -2.43. The molecule has 340 valence electrons. The fraction of sp³-hybridized carbons (Fsp3) is 0.489. The Labute approximate surface area is 394 Å². The number of aliphatic hydroxyl groups excluding tert-OH is 1. The van der Waals surface area contributed by atoms with Crippen molar-refractivity contribution in [2.75, 3.05) is 6.61 Å². The Kier molecular flexibility index (Phi) is 14.4. The van der Waals surface area contributed by atoms with Crippen LogP contribution in [0.5, 0.6) is 0 Å². The summed E-state index contributed by atoms with van der Waals surface area (Å²) < 4.78 is 39.3. The molecular weight excluding hydrogens is 986 g/mol. The number of benzene rings is 4. The number of halogens is 5. The molecule has 0 amide bonds. The molecule has 0 radical (unpaired) electrons. The van der Waals surface area contributed by atoms with Gasteiger partial charge in [-0.25, -0.2) is 0 Å². The van der Waals surface area contributed by atoms with E-state index in [1.54, 1.807) is 6.07 Å². The lowest BCUT2D eigenvalue weighted by atomic mass is 9.65. The largest absolute Gasteiger partial charge is 0.395 e. The van der Waals surface area contributed by atoms with Gasteiger partial charge in [0.05, 0.1) is 49.7 Å². The molecule has 0 saturated carbocycles. The maximum absolute atomic E-state index is 12.6. The molecule has 2 aliphatic carbocycles. The van der Waals surface area contributed by atoms with Crippen LogP contribution in [-0.2, 0) is 42.6 Å². The minimum absolute atomic E-state index is 0.0124. The predicted octanol–water partition coefficient (Wildman–Crippen LogP) is 12.9. The summed E-state index contributed by atoms with van der Waals surface area (Å²) in [6.07, 6.45) is 4.13. The van der Waals surface area contributed by atoms with Gasteiger partial charge in [0.2, 0.25) is 5.82 Å². The molecule has 0 unspecified atom stereocenters. The summed E-state index contributed by atoms with van der Waals surface area (Å²) in [4.78, 5) is 21.1. The van der Waals surface area contributed by atoms with Crippen molar-refractivity contribution >= 4 is 66.4 Å². The molecule has 0 aromatic heterocycles. The van der Waals surface area contributed by atoms with Gasteiger partial charge < -0.3 is 24.1 Å². The van der Waals surface area contributed by atoms with Crippen LogP contribution in [0, 0.1) is 26.0 Å². The number of nitro benzene ring substituents is 2. The number of fused-ring (bicyclic) bond motifs is 2. The van der Waals surface area contributed by atoms with Crippen LogP contribution in [0.1, 0.15) is 109 Å². The van der Waals surface area contributed by atoms with Crippen molar-refractivity contribution in [3.8, 4) is 0 Å². The smallest absolute Gasteiger partial charge is 0.305 e. The molecule has 2 saturated heterocycles. The molecule has 4 aromatic carbocycles. The first-order chi connectivity index (χ1) is 29.3. The van der Waals surface area contributed by atoms with Crippen LogP contribution in [0.3, 0.4) is 0 Å². The van der Waals surface area contributed by atoms with Crippen molar-refractivity contribution in [3.63, 3.8) is 0 Å². The van der Waals surface area contributed by atoms with Crippen molar-refractivity contribution in [2.24, 2.45) is 0 Å². The molecule has 4 aliphatic rings. The average Bonchev–Trinajstić information content (AvgIpc) is 3.57. The second-order valence-corrected chi connectivity index (χ2v) is 21.2. The third-order valence-electron chi connectivity index (χ3n) is 13.6. The summed E-state index contributed by atoms with van der Waals surface area (Å²) in [6.45, 7) is 16.2. The van der Waals surface area contributed by atoms with Crippen molar-refractivity contribution < 1.29 is 38.3 Å². The SMILES string of the molecule is CC1(C)OC([C@]2(CO)CCCc3cc(Cl)ccc32)OC1(C)C.CC1(C)OC([C@]2(c3ccc(Br)cc3[N+](=O)[O-])CCCc3cc(Cl)ccc32)OC1(C)C.O=[N+]([O-])c1cc(Br)ccc1F. The Bertz CT molecular complexity index is 2370. The number of aliphatic hydroxyl groups is 1. The van der Waals surface area contributed by atoms with E-state index in [9.17, 15) is 29.7 Å². The number of nitrogens with zero attached hydrogens (tertiary/aromatic N) is 2. The Hall–Kier alpha value is -3.05. The van der Waals surface area contributed by atoms with Crippen molar-refractivity contribution in [1.29, 1.82) is 0 Å². The van der Waals surface area contributed by atoms with E-state index < -0.39 is 62.2 Å². The molecule has 16 heteroatoms. The predicted molar refractivity (Wildman–Crippen MR) is 248 cm³/mol. The fourth-order valence-corrected chi connectivity index (χ4v) is 9.87. The second-order valence-electron chi connectivity index (χ2n) is 18.5. The van der Waals surface area contributed by atoms with Crippen molar-refractivity contribution in [3.05, 3.63) is 146 Å². The van der Waals surface area contributed by atoms with E-state index >= 15 is 0 Å². The molecule has 8 rings (SSSR count). The van der Waals surface area contributed by atoms with Gasteiger partial charge in [-0.1, -0.05) is 67.2 Å². The van der Waals surface area contributed by atoms with Gasteiger partial charge in [-0.2, -0.15) is 4.39 Å². The summed E-state index contributed by atoms with van der Waals surface area (Å²) in [5.74, 6) is -0.821. The Balaban J connectivity index is 0.000000175. The van der Waals surface area contributed by atoms with Crippen LogP contribution in [-0.4, -0.2) is 56.5 Å². The van der Waals surface area contributed by atoms with Gasteiger partial charge in [-0.3, -0.25) is 20.2 Å². The van der Waals surface area contributed by atoms with Gasteiger partial charge in [0.25, 0.3) is 5.69 Å². The lowest BCUT2D eigenvalue weighted by molar-refractivity contribution is -0.387. The molecule has 1 N–H and O–H groups in total. The third kappa shape index (κ3) is 9.49. The summed E-state index contributed by atoms with van der Waals surface area (Å²) in [5.41, 5.74) is 1.30. The van der Waals surface area contributed by atoms with Gasteiger partial charge in [0.15, 0.2) is 12.6 Å². The van der Waals surface area contributed by atoms with Crippen LogP contribution >= 0.6 is 55.1 Å². The van der Waals surface area contributed by atoms with Crippen LogP contribution in [0.25, 0.3) is 0 Å². The van der Waals surface area contributed by atoms with Crippen molar-refractivity contribution in [2.45, 2.75) is 140 Å². The van der Waals surface area contributed by atoms with Gasteiger partial charge in [-0.05, 0) is 165 Å². The van der Waals surface area contributed by atoms with E-state index in [0.29, 0.717) is 26.0 Å². The molecule has 0 bridgehead atoms. The second kappa shape index (κ2) is 18.3. The molecule has 2 atom stereocenters. The van der Waals surface area contributed by atoms with E-state index in [1.807, 2.05) is 104 Å². The molecular formula is C47H53Br2Cl2FN2O9. The summed E-state index contributed by atoms with van der Waals surface area (Å²) in [5, 5.41) is 33.9. The van der Waals surface area contributed by atoms with Crippen LogP contribution < -0.4 is 0 Å². The molecule has 0 spiro atoms. The number of hydrogen-bond donors (Lipinski definition) is 1. The molecule has 11 nitrogen and oxygen atoms in total. The average molecular weight is 1040 g/mol. The van der Waals surface area contributed by atoms with Crippen LogP contribution in [0.4, 0.5) is 15.8 Å². The number of aryl methyl sites for hydroxylation is 2.